The van der Waals surface area contributed by atoms with Gasteiger partial charge in [-0.05, 0) is 19.3 Å². The van der Waals surface area contributed by atoms with E-state index in [1.54, 1.807) is 0 Å². The van der Waals surface area contributed by atoms with E-state index in [9.17, 15) is 9.59 Å². The third kappa shape index (κ3) is 6.65. The van der Waals surface area contributed by atoms with Gasteiger partial charge in [-0.3, -0.25) is 9.59 Å². The third-order valence-corrected chi connectivity index (χ3v) is 2.16. The Balaban J connectivity index is -0.000000109. The van der Waals surface area contributed by atoms with Gasteiger partial charge >= 0.3 is 39.0 Å². The second kappa shape index (κ2) is 11.1. The zero-order valence-corrected chi connectivity index (χ0v) is 11.6. The van der Waals surface area contributed by atoms with Crippen molar-refractivity contribution < 1.29 is 55.9 Å². The Bertz CT molecular complexity index is 265. The van der Waals surface area contributed by atoms with Crippen molar-refractivity contribution in [2.24, 2.45) is 5.41 Å². The van der Waals surface area contributed by atoms with Crippen molar-refractivity contribution in [1.82, 2.24) is 0 Å². The van der Waals surface area contributed by atoms with Gasteiger partial charge in [0.25, 0.3) is 0 Å². The number of aliphatic hydroxyl groups is 1. The maximum Gasteiger partial charge on any atom is 2.00 e. The molecular formula is C8H16N2O7Pt. The van der Waals surface area contributed by atoms with E-state index in [0.29, 0.717) is 6.42 Å². The minimum Gasteiger partial charge on any atom is -0.693 e. The number of carboxylic acids is 3. The minimum atomic E-state index is -1.44. The molecule has 0 radical (unpaired) electrons. The van der Waals surface area contributed by atoms with Crippen LogP contribution < -0.4 is 0 Å². The Labute approximate surface area is 118 Å². The summed E-state index contributed by atoms with van der Waals surface area (Å²) in [4.78, 5) is 29.8. The Hall–Kier alpha value is -1.02. The van der Waals surface area contributed by atoms with Crippen LogP contribution in [0.1, 0.15) is 19.3 Å². The molecule has 1 saturated carbocycles. The van der Waals surface area contributed by atoms with Crippen molar-refractivity contribution in [3.8, 4) is 0 Å². The second-order valence-corrected chi connectivity index (χ2v) is 3.10. The van der Waals surface area contributed by atoms with Gasteiger partial charge in [0.15, 0.2) is 5.41 Å². The summed E-state index contributed by atoms with van der Waals surface area (Å²) in [5.41, 5.74) is -1.44. The molecule has 0 heterocycles. The molecule has 0 atom stereocenters. The van der Waals surface area contributed by atoms with E-state index in [0.717, 1.165) is 0 Å². The van der Waals surface area contributed by atoms with Gasteiger partial charge in [0.1, 0.15) is 6.61 Å². The summed E-state index contributed by atoms with van der Waals surface area (Å²) in [6.07, 6.45) is 1.26. The zero-order valence-electron chi connectivity index (χ0n) is 9.31. The number of hydrogen-bond donors (Lipinski definition) is 4. The summed E-state index contributed by atoms with van der Waals surface area (Å²) in [6, 6.07) is 0. The smallest absolute Gasteiger partial charge is 0.693 e. The fourth-order valence-electron chi connectivity index (χ4n) is 1.05. The molecule has 0 amide bonds. The van der Waals surface area contributed by atoms with E-state index in [1.807, 2.05) is 0 Å². The predicted octanol–water partition coefficient (Wildman–Crippen LogP) is 0.821. The molecule has 1 rings (SSSR count). The summed E-state index contributed by atoms with van der Waals surface area (Å²) >= 11 is 0. The van der Waals surface area contributed by atoms with Crippen LogP contribution in [0.3, 0.4) is 0 Å². The van der Waals surface area contributed by atoms with E-state index in [1.165, 1.54) is 0 Å². The monoisotopic (exact) mass is 447 g/mol. The largest absolute Gasteiger partial charge is 2.00 e. The first-order chi connectivity index (χ1) is 6.86. The number of rotatable bonds is 3. The number of carboxylic acid groups (broad SMARTS) is 3. The summed E-state index contributed by atoms with van der Waals surface area (Å²) < 4.78 is 0. The van der Waals surface area contributed by atoms with Gasteiger partial charge in [-0.25, -0.2) is 4.79 Å². The predicted molar refractivity (Wildman–Crippen MR) is 56.8 cm³/mol. The van der Waals surface area contributed by atoms with Gasteiger partial charge in [-0.15, -0.1) is 0 Å². The first-order valence-electron chi connectivity index (χ1n) is 4.16. The third-order valence-electron chi connectivity index (χ3n) is 2.16. The molecule has 9 nitrogen and oxygen atoms in total. The molecule has 0 spiro atoms. The van der Waals surface area contributed by atoms with Crippen molar-refractivity contribution in [1.29, 1.82) is 0 Å². The van der Waals surface area contributed by atoms with E-state index in [2.05, 4.69) is 0 Å². The van der Waals surface area contributed by atoms with Crippen molar-refractivity contribution in [2.45, 2.75) is 19.3 Å². The number of carbonyl (C=O) groups is 3. The van der Waals surface area contributed by atoms with Gasteiger partial charge in [0.2, 0.25) is 0 Å². The molecule has 1 aliphatic rings. The van der Waals surface area contributed by atoms with E-state index in [4.69, 9.17) is 25.2 Å². The second-order valence-electron chi connectivity index (χ2n) is 3.10. The molecule has 0 aromatic rings. The molecule has 18 heavy (non-hydrogen) atoms. The van der Waals surface area contributed by atoms with Crippen LogP contribution in [0.15, 0.2) is 0 Å². The van der Waals surface area contributed by atoms with Crippen molar-refractivity contribution in [3.05, 3.63) is 12.3 Å². The fourth-order valence-corrected chi connectivity index (χ4v) is 1.05. The average Bonchev–Trinajstić information content (AvgIpc) is 2.01. The Morgan fingerprint density at radius 3 is 1.22 bits per heavy atom. The molecule has 0 unspecified atom stereocenters. The van der Waals surface area contributed by atoms with Crippen LogP contribution in [0.5, 0.6) is 0 Å². The normalized spacial score (nSPS) is 13.8. The van der Waals surface area contributed by atoms with Crippen LogP contribution in [0.25, 0.3) is 12.3 Å². The summed E-state index contributed by atoms with van der Waals surface area (Å²) in [5.74, 6) is -3.59. The molecule has 8 N–H and O–H groups in total. The van der Waals surface area contributed by atoms with Gasteiger partial charge in [-0.1, -0.05) is 0 Å². The molecule has 110 valence electrons. The van der Waals surface area contributed by atoms with Crippen LogP contribution in [0.2, 0.25) is 0 Å². The minimum absolute atomic E-state index is 0. The average molecular weight is 447 g/mol. The fraction of sp³-hybridized carbons (Fsp3) is 0.625. The maximum absolute atomic E-state index is 10.4. The Kier molecular flexibility index (Phi) is 15.9. The Morgan fingerprint density at radius 1 is 0.944 bits per heavy atom. The van der Waals surface area contributed by atoms with Crippen LogP contribution in [0, 0.1) is 5.41 Å². The molecule has 0 aliphatic heterocycles. The SMILES string of the molecule is O=C(O)C1(C(=O)O)CCC1.O=C(O)CO.[NH2-].[NH2-].[Pt+2]. The van der Waals surface area contributed by atoms with E-state index < -0.39 is 29.9 Å². The number of aliphatic hydroxyl groups excluding tert-OH is 1. The molecular weight excluding hydrogens is 431 g/mol. The molecule has 1 aliphatic carbocycles. The van der Waals surface area contributed by atoms with Gasteiger partial charge in [0, 0.05) is 0 Å². The molecule has 0 saturated heterocycles. The van der Waals surface area contributed by atoms with Gasteiger partial charge in [0.05, 0.1) is 0 Å². The van der Waals surface area contributed by atoms with E-state index in [-0.39, 0.29) is 46.2 Å². The number of hydrogen-bond acceptors (Lipinski definition) is 4. The van der Waals surface area contributed by atoms with Crippen molar-refractivity contribution in [2.75, 3.05) is 6.61 Å². The molecule has 0 aromatic carbocycles. The quantitative estimate of drug-likeness (QED) is 0.459. The van der Waals surface area contributed by atoms with Crippen LogP contribution in [0.4, 0.5) is 0 Å². The van der Waals surface area contributed by atoms with Gasteiger partial charge in [-0.2, -0.15) is 0 Å². The first kappa shape index (κ1) is 25.7. The maximum atomic E-state index is 10.4. The Morgan fingerprint density at radius 2 is 1.22 bits per heavy atom. The summed E-state index contributed by atoms with van der Waals surface area (Å²) in [5, 5.41) is 32.0. The van der Waals surface area contributed by atoms with Crippen LogP contribution >= 0.6 is 0 Å². The molecule has 0 aromatic heterocycles. The van der Waals surface area contributed by atoms with E-state index >= 15 is 0 Å². The summed E-state index contributed by atoms with van der Waals surface area (Å²) in [6.45, 7) is -0.778. The molecule has 1 fully saturated rings. The van der Waals surface area contributed by atoms with Gasteiger partial charge < -0.3 is 32.7 Å². The van der Waals surface area contributed by atoms with Crippen LogP contribution in [-0.2, 0) is 35.4 Å². The number of nitrogens with two attached hydrogens (primary N) is 2. The molecule has 10 heteroatoms. The first-order valence-corrected chi connectivity index (χ1v) is 4.16. The topological polar surface area (TPSA) is 199 Å². The number of aliphatic carboxylic acids is 3. The summed E-state index contributed by atoms with van der Waals surface area (Å²) in [7, 11) is 0. The van der Waals surface area contributed by atoms with Crippen LogP contribution in [-0.4, -0.2) is 44.9 Å². The standard InChI is InChI=1S/C6H8O4.C2H4O3.2H2N.Pt/c7-4(8)6(5(9)10)2-1-3-6;3-1-2(4)5;;;/h1-3H2,(H,7,8)(H,9,10);3H,1H2,(H,4,5);2*1H2;/q;;2*-1;+2. The molecule has 0 bridgehead atoms. The van der Waals surface area contributed by atoms with Crippen molar-refractivity contribution in [3.63, 3.8) is 0 Å². The zero-order chi connectivity index (χ0) is 12.1. The van der Waals surface area contributed by atoms with Crippen molar-refractivity contribution >= 4 is 17.9 Å².